The van der Waals surface area contributed by atoms with Gasteiger partial charge in [-0.1, -0.05) is 32.7 Å². The fraction of sp³-hybridized carbons (Fsp3) is 1.00. The molecule has 4 atom stereocenters. The van der Waals surface area contributed by atoms with E-state index < -0.39 is 0 Å². The topological polar surface area (TPSA) is 3.24 Å². The van der Waals surface area contributed by atoms with Crippen molar-refractivity contribution in [3.05, 3.63) is 0 Å². The molecular weight excluding hydrogens is 214 g/mol. The molecule has 2 heteroatoms. The molecule has 16 heavy (non-hydrogen) atoms. The van der Waals surface area contributed by atoms with Crippen molar-refractivity contribution < 1.29 is 0 Å². The molecule has 3 aliphatic carbocycles. The summed E-state index contributed by atoms with van der Waals surface area (Å²) in [5.41, 5.74) is 0.622. The molecule has 3 saturated carbocycles. The van der Waals surface area contributed by atoms with Gasteiger partial charge in [0.1, 0.15) is 0 Å². The van der Waals surface area contributed by atoms with Gasteiger partial charge in [0.2, 0.25) is 0 Å². The lowest BCUT2D eigenvalue weighted by Gasteiger charge is -2.63. The number of rotatable bonds is 3. The largest absolute Gasteiger partial charge is 0.245 e. The molecule has 0 amide bonds. The molecule has 3 aliphatic rings. The molecule has 0 spiro atoms. The van der Waals surface area contributed by atoms with Crippen LogP contribution in [0.2, 0.25) is 0 Å². The lowest BCUT2D eigenvalue weighted by molar-refractivity contribution is -0.128. The Hall–Kier alpha value is 0.310. The van der Waals surface area contributed by atoms with Gasteiger partial charge in [-0.2, -0.15) is 0 Å². The third kappa shape index (κ3) is 1.73. The van der Waals surface area contributed by atoms with Gasteiger partial charge in [0.05, 0.1) is 0 Å². The van der Waals surface area contributed by atoms with Crippen molar-refractivity contribution in [3.8, 4) is 0 Å². The monoisotopic (exact) mass is 241 g/mol. The van der Waals surface area contributed by atoms with Crippen molar-refractivity contribution in [2.75, 3.05) is 6.26 Å². The SMILES string of the molecule is CSN(C(C)C)C1CC2C[C@H]([C@H]1C)C2(C)C. The van der Waals surface area contributed by atoms with Crippen LogP contribution < -0.4 is 0 Å². The zero-order chi connectivity index (χ0) is 12.1. The molecule has 0 radical (unpaired) electrons. The summed E-state index contributed by atoms with van der Waals surface area (Å²) in [5, 5.41) is 0. The van der Waals surface area contributed by atoms with Gasteiger partial charge in [-0.05, 0) is 56.1 Å². The Morgan fingerprint density at radius 1 is 1.25 bits per heavy atom. The summed E-state index contributed by atoms with van der Waals surface area (Å²) in [4.78, 5) is 0. The molecule has 2 bridgehead atoms. The van der Waals surface area contributed by atoms with E-state index in [1.54, 1.807) is 0 Å². The highest BCUT2D eigenvalue weighted by Crippen LogP contribution is 2.62. The van der Waals surface area contributed by atoms with Crippen molar-refractivity contribution in [2.45, 2.75) is 59.5 Å². The second-order valence-corrected chi connectivity index (χ2v) is 7.45. The Balaban J connectivity index is 2.10. The van der Waals surface area contributed by atoms with Crippen LogP contribution in [0, 0.1) is 23.2 Å². The number of hydrogen-bond donors (Lipinski definition) is 0. The molecule has 2 unspecified atom stereocenters. The minimum atomic E-state index is 0.622. The highest BCUT2D eigenvalue weighted by molar-refractivity contribution is 7.96. The number of nitrogens with zero attached hydrogens (tertiary/aromatic N) is 1. The lowest BCUT2D eigenvalue weighted by atomic mass is 9.44. The van der Waals surface area contributed by atoms with Crippen molar-refractivity contribution in [2.24, 2.45) is 23.2 Å². The Kier molecular flexibility index (Phi) is 3.35. The summed E-state index contributed by atoms with van der Waals surface area (Å²) in [6.07, 6.45) is 5.15. The van der Waals surface area contributed by atoms with Gasteiger partial charge < -0.3 is 0 Å². The highest BCUT2D eigenvalue weighted by Gasteiger charge is 2.57. The average Bonchev–Trinajstić information content (AvgIpc) is 2.20. The van der Waals surface area contributed by atoms with Gasteiger partial charge in [0.15, 0.2) is 0 Å². The van der Waals surface area contributed by atoms with Crippen LogP contribution in [0.25, 0.3) is 0 Å². The maximum Gasteiger partial charge on any atom is 0.0236 e. The quantitative estimate of drug-likeness (QED) is 0.686. The molecule has 0 saturated heterocycles. The molecule has 3 rings (SSSR count). The van der Waals surface area contributed by atoms with Crippen LogP contribution in [0.3, 0.4) is 0 Å². The maximum atomic E-state index is 2.64. The van der Waals surface area contributed by atoms with Crippen LogP contribution in [0.15, 0.2) is 0 Å². The summed E-state index contributed by atoms with van der Waals surface area (Å²) in [5.74, 6) is 2.81. The summed E-state index contributed by atoms with van der Waals surface area (Å²) < 4.78 is 2.64. The first-order valence-corrected chi connectivity index (χ1v) is 7.90. The zero-order valence-corrected chi connectivity index (χ0v) is 12.5. The minimum Gasteiger partial charge on any atom is -0.245 e. The Bertz CT molecular complexity index is 261. The highest BCUT2D eigenvalue weighted by atomic mass is 32.2. The summed E-state index contributed by atoms with van der Waals surface area (Å²) in [6, 6.07) is 1.48. The summed E-state index contributed by atoms with van der Waals surface area (Å²) in [6.45, 7) is 12.1. The van der Waals surface area contributed by atoms with E-state index in [4.69, 9.17) is 0 Å². The molecule has 0 aromatic heterocycles. The van der Waals surface area contributed by atoms with E-state index in [2.05, 4.69) is 45.2 Å². The third-order valence-electron chi connectivity index (χ3n) is 5.36. The zero-order valence-electron chi connectivity index (χ0n) is 11.7. The van der Waals surface area contributed by atoms with Crippen LogP contribution in [0.5, 0.6) is 0 Å². The normalized spacial score (nSPS) is 41.2. The third-order valence-corrected chi connectivity index (χ3v) is 6.47. The molecule has 3 fully saturated rings. The first kappa shape index (κ1) is 12.8. The van der Waals surface area contributed by atoms with Gasteiger partial charge in [0.25, 0.3) is 0 Å². The van der Waals surface area contributed by atoms with Gasteiger partial charge in [-0.25, -0.2) is 4.31 Å². The number of fused-ring (bicyclic) bond motifs is 2. The van der Waals surface area contributed by atoms with Crippen LogP contribution in [0.4, 0.5) is 0 Å². The predicted molar refractivity (Wildman–Crippen MR) is 73.4 cm³/mol. The van der Waals surface area contributed by atoms with Gasteiger partial charge in [-0.15, -0.1) is 0 Å². The fourth-order valence-electron chi connectivity index (χ4n) is 4.19. The van der Waals surface area contributed by atoms with Crippen molar-refractivity contribution >= 4 is 11.9 Å². The lowest BCUT2D eigenvalue weighted by Crippen LogP contribution is -2.60. The van der Waals surface area contributed by atoms with Gasteiger partial charge in [0, 0.05) is 12.1 Å². The molecule has 0 heterocycles. The van der Waals surface area contributed by atoms with Crippen LogP contribution >= 0.6 is 11.9 Å². The van der Waals surface area contributed by atoms with Crippen LogP contribution in [-0.2, 0) is 0 Å². The summed E-state index contributed by atoms with van der Waals surface area (Å²) in [7, 11) is 0. The standard InChI is InChI=1S/C14H27NS/c1-9(2)15(16-6)13-8-11-7-12(10(13)3)14(11,4)5/h9-13H,7-8H2,1-6H3/t10-,11?,12-,13?/m1/s1. The Morgan fingerprint density at radius 3 is 2.25 bits per heavy atom. The first-order valence-electron chi connectivity index (χ1n) is 6.72. The van der Waals surface area contributed by atoms with E-state index in [1.807, 2.05) is 11.9 Å². The number of hydrogen-bond acceptors (Lipinski definition) is 2. The van der Waals surface area contributed by atoms with Gasteiger partial charge >= 0.3 is 0 Å². The molecule has 0 aliphatic heterocycles. The van der Waals surface area contributed by atoms with Crippen molar-refractivity contribution in [1.29, 1.82) is 0 Å². The predicted octanol–water partition coefficient (Wildman–Crippen LogP) is 4.05. The maximum absolute atomic E-state index is 2.64. The average molecular weight is 241 g/mol. The smallest absolute Gasteiger partial charge is 0.0236 e. The summed E-state index contributed by atoms with van der Waals surface area (Å²) >= 11 is 1.94. The van der Waals surface area contributed by atoms with E-state index in [0.717, 1.165) is 23.8 Å². The molecule has 0 aromatic carbocycles. The second-order valence-electron chi connectivity index (χ2n) is 6.66. The van der Waals surface area contributed by atoms with E-state index in [-0.39, 0.29) is 0 Å². The van der Waals surface area contributed by atoms with Crippen LogP contribution in [-0.4, -0.2) is 22.6 Å². The molecule has 94 valence electrons. The Morgan fingerprint density at radius 2 is 1.88 bits per heavy atom. The minimum absolute atomic E-state index is 0.622. The van der Waals surface area contributed by atoms with Crippen molar-refractivity contribution in [1.82, 2.24) is 4.31 Å². The van der Waals surface area contributed by atoms with E-state index in [9.17, 15) is 0 Å². The van der Waals surface area contributed by atoms with E-state index in [1.165, 1.54) is 12.8 Å². The van der Waals surface area contributed by atoms with E-state index in [0.29, 0.717) is 11.5 Å². The van der Waals surface area contributed by atoms with Crippen LogP contribution in [0.1, 0.15) is 47.5 Å². The first-order chi connectivity index (χ1) is 7.39. The van der Waals surface area contributed by atoms with Gasteiger partial charge in [-0.3, -0.25) is 0 Å². The van der Waals surface area contributed by atoms with E-state index >= 15 is 0 Å². The van der Waals surface area contributed by atoms with Crippen molar-refractivity contribution in [3.63, 3.8) is 0 Å². The molecular formula is C14H27NS. The fourth-order valence-corrected chi connectivity index (χ4v) is 5.16. The molecule has 1 nitrogen and oxygen atoms in total. The molecule has 0 aromatic rings. The Labute approximate surface area is 105 Å². The molecule has 0 N–H and O–H groups in total. The second kappa shape index (κ2) is 4.20.